The molecule has 1 aromatic carbocycles. The maximum atomic E-state index is 12.2. The van der Waals surface area contributed by atoms with Crippen molar-refractivity contribution in [3.63, 3.8) is 0 Å². The molecule has 0 fully saturated rings. The van der Waals surface area contributed by atoms with Gasteiger partial charge in [0.2, 0.25) is 10.0 Å². The van der Waals surface area contributed by atoms with Crippen LogP contribution in [0.25, 0.3) is 0 Å². The highest BCUT2D eigenvalue weighted by Gasteiger charge is 2.23. The Bertz CT molecular complexity index is 588. The van der Waals surface area contributed by atoms with Crippen LogP contribution in [0.1, 0.15) is 6.92 Å². The predicted octanol–water partition coefficient (Wildman–Crippen LogP) is 0.490. The molecule has 0 aliphatic heterocycles. The van der Waals surface area contributed by atoms with Gasteiger partial charge in [-0.25, -0.2) is 13.1 Å². The Labute approximate surface area is 117 Å². The summed E-state index contributed by atoms with van der Waals surface area (Å²) < 4.78 is 31.6. The number of nitrogens with one attached hydrogen (secondary N) is 2. The van der Waals surface area contributed by atoms with E-state index in [2.05, 4.69) is 10.0 Å². The smallest absolute Gasteiger partial charge is 0.271 e. The van der Waals surface area contributed by atoms with Crippen LogP contribution < -0.4 is 14.8 Å². The van der Waals surface area contributed by atoms with E-state index < -0.39 is 14.9 Å². The maximum absolute atomic E-state index is 12.2. The zero-order chi connectivity index (χ0) is 15.3. The fraction of sp³-hybridized carbons (Fsp3) is 0.455. The van der Waals surface area contributed by atoms with Crippen LogP contribution in [-0.4, -0.2) is 40.1 Å². The minimum Gasteiger partial charge on any atom is -0.495 e. The minimum absolute atomic E-state index is 0.0558. The van der Waals surface area contributed by atoms with Crippen LogP contribution in [0.5, 0.6) is 5.75 Å². The summed E-state index contributed by atoms with van der Waals surface area (Å²) in [5, 5.41) is 13.6. The first-order chi connectivity index (χ1) is 9.31. The number of methoxy groups -OCH3 is 1. The Morgan fingerprint density at radius 2 is 2.10 bits per heavy atom. The first kappa shape index (κ1) is 16.3. The van der Waals surface area contributed by atoms with Crippen molar-refractivity contribution in [3.8, 4) is 5.75 Å². The zero-order valence-corrected chi connectivity index (χ0v) is 12.2. The molecule has 20 heavy (non-hydrogen) atoms. The molecular formula is C11H17N3O5S. The molecule has 0 radical (unpaired) electrons. The lowest BCUT2D eigenvalue weighted by Crippen LogP contribution is -2.37. The van der Waals surface area contributed by atoms with E-state index in [-0.39, 0.29) is 28.9 Å². The van der Waals surface area contributed by atoms with Crippen LogP contribution in [0, 0.1) is 10.1 Å². The topological polar surface area (TPSA) is 111 Å². The molecule has 8 nitrogen and oxygen atoms in total. The van der Waals surface area contributed by atoms with E-state index in [1.807, 2.05) is 0 Å². The van der Waals surface area contributed by atoms with Crippen molar-refractivity contribution >= 4 is 15.7 Å². The highest BCUT2D eigenvalue weighted by Crippen LogP contribution is 2.27. The molecule has 0 amide bonds. The van der Waals surface area contributed by atoms with E-state index in [4.69, 9.17) is 4.74 Å². The van der Waals surface area contributed by atoms with Crippen molar-refractivity contribution in [2.24, 2.45) is 0 Å². The van der Waals surface area contributed by atoms with Gasteiger partial charge in [-0.2, -0.15) is 0 Å². The molecule has 112 valence electrons. The second-order valence-corrected chi connectivity index (χ2v) is 5.87. The van der Waals surface area contributed by atoms with Crippen LogP contribution in [0.15, 0.2) is 23.1 Å². The summed E-state index contributed by atoms with van der Waals surface area (Å²) in [6.07, 6.45) is 0. The molecule has 2 N–H and O–H groups in total. The highest BCUT2D eigenvalue weighted by atomic mass is 32.2. The van der Waals surface area contributed by atoms with Gasteiger partial charge in [-0.3, -0.25) is 10.1 Å². The largest absolute Gasteiger partial charge is 0.495 e. The van der Waals surface area contributed by atoms with Gasteiger partial charge in [0, 0.05) is 24.7 Å². The number of nitro benzene ring substituents is 1. The molecule has 0 heterocycles. The standard InChI is InChI=1S/C11H17N3O5S/c1-8(12-2)7-13-20(17,18)11-6-9(14(15)16)4-5-10(11)19-3/h4-6,8,12-13H,7H2,1-3H3. The average Bonchev–Trinajstić information content (AvgIpc) is 2.43. The number of benzene rings is 1. The SMILES string of the molecule is CNC(C)CNS(=O)(=O)c1cc([N+](=O)[O-])ccc1OC. The van der Waals surface area contributed by atoms with Crippen molar-refractivity contribution in [1.29, 1.82) is 0 Å². The molecule has 0 aliphatic carbocycles. The van der Waals surface area contributed by atoms with Gasteiger partial charge >= 0.3 is 0 Å². The highest BCUT2D eigenvalue weighted by molar-refractivity contribution is 7.89. The van der Waals surface area contributed by atoms with Gasteiger partial charge in [0.1, 0.15) is 10.6 Å². The predicted molar refractivity (Wildman–Crippen MR) is 73.4 cm³/mol. The Morgan fingerprint density at radius 3 is 2.60 bits per heavy atom. The first-order valence-electron chi connectivity index (χ1n) is 5.81. The molecule has 0 spiro atoms. The van der Waals surface area contributed by atoms with Crippen molar-refractivity contribution in [1.82, 2.24) is 10.0 Å². The fourth-order valence-corrected chi connectivity index (χ4v) is 2.72. The van der Waals surface area contributed by atoms with E-state index in [9.17, 15) is 18.5 Å². The van der Waals surface area contributed by atoms with Crippen molar-refractivity contribution in [3.05, 3.63) is 28.3 Å². The van der Waals surface area contributed by atoms with E-state index in [0.717, 1.165) is 6.07 Å². The lowest BCUT2D eigenvalue weighted by Gasteiger charge is -2.13. The number of ether oxygens (including phenoxy) is 1. The second kappa shape index (κ2) is 6.64. The monoisotopic (exact) mass is 303 g/mol. The summed E-state index contributed by atoms with van der Waals surface area (Å²) >= 11 is 0. The first-order valence-corrected chi connectivity index (χ1v) is 7.29. The minimum atomic E-state index is -3.88. The Kier molecular flexibility index (Phi) is 5.43. The van der Waals surface area contributed by atoms with Gasteiger partial charge in [-0.05, 0) is 20.0 Å². The summed E-state index contributed by atoms with van der Waals surface area (Å²) in [6.45, 7) is 1.96. The number of rotatable bonds is 7. The molecular weight excluding hydrogens is 286 g/mol. The zero-order valence-electron chi connectivity index (χ0n) is 11.4. The Morgan fingerprint density at radius 1 is 1.45 bits per heavy atom. The van der Waals surface area contributed by atoms with Gasteiger partial charge in [-0.15, -0.1) is 0 Å². The molecule has 1 rings (SSSR count). The van der Waals surface area contributed by atoms with Crippen molar-refractivity contribution < 1.29 is 18.1 Å². The molecule has 0 bridgehead atoms. The van der Waals surface area contributed by atoms with Gasteiger partial charge in [0.25, 0.3) is 5.69 Å². The lowest BCUT2D eigenvalue weighted by atomic mass is 10.3. The molecule has 0 saturated carbocycles. The average molecular weight is 303 g/mol. The number of hydrogen-bond donors (Lipinski definition) is 2. The normalized spacial score (nSPS) is 12.9. The maximum Gasteiger partial charge on any atom is 0.271 e. The number of nitrogens with zero attached hydrogens (tertiary/aromatic N) is 1. The van der Waals surface area contributed by atoms with Crippen LogP contribution in [0.2, 0.25) is 0 Å². The molecule has 9 heteroatoms. The Hall–Kier alpha value is -1.71. The summed E-state index contributed by atoms with van der Waals surface area (Å²) in [4.78, 5) is 9.82. The number of sulfonamides is 1. The number of non-ortho nitro benzene ring substituents is 1. The summed E-state index contributed by atoms with van der Waals surface area (Å²) in [6, 6.07) is 3.35. The van der Waals surface area contributed by atoms with Crippen LogP contribution in [0.4, 0.5) is 5.69 Å². The molecule has 0 aromatic heterocycles. The number of nitro groups is 1. The summed E-state index contributed by atoms with van der Waals surface area (Å²) in [7, 11) is -0.880. The van der Waals surface area contributed by atoms with Gasteiger partial charge in [-0.1, -0.05) is 0 Å². The lowest BCUT2D eigenvalue weighted by molar-refractivity contribution is -0.385. The van der Waals surface area contributed by atoms with E-state index >= 15 is 0 Å². The van der Waals surface area contributed by atoms with E-state index in [1.165, 1.54) is 19.2 Å². The van der Waals surface area contributed by atoms with Crippen molar-refractivity contribution in [2.75, 3.05) is 20.7 Å². The Balaban J connectivity index is 3.14. The quantitative estimate of drug-likeness (QED) is 0.560. The third-order valence-corrected chi connectivity index (χ3v) is 4.16. The van der Waals surface area contributed by atoms with Crippen LogP contribution in [-0.2, 0) is 10.0 Å². The molecule has 1 aromatic rings. The van der Waals surface area contributed by atoms with Crippen LogP contribution >= 0.6 is 0 Å². The molecule has 1 unspecified atom stereocenters. The third kappa shape index (κ3) is 3.89. The van der Waals surface area contributed by atoms with Gasteiger partial charge in [0.15, 0.2) is 0 Å². The number of likely N-dealkylation sites (N-methyl/N-ethyl adjacent to an activating group) is 1. The fourth-order valence-electron chi connectivity index (χ4n) is 1.40. The van der Waals surface area contributed by atoms with Crippen molar-refractivity contribution in [2.45, 2.75) is 17.9 Å². The third-order valence-electron chi connectivity index (χ3n) is 2.72. The molecule has 1 atom stereocenters. The molecule has 0 saturated heterocycles. The van der Waals surface area contributed by atoms with Gasteiger partial charge in [0.05, 0.1) is 12.0 Å². The number of hydrogen-bond acceptors (Lipinski definition) is 6. The summed E-state index contributed by atoms with van der Waals surface area (Å²) in [5.41, 5.74) is -0.312. The van der Waals surface area contributed by atoms with Gasteiger partial charge < -0.3 is 10.1 Å². The second-order valence-electron chi connectivity index (χ2n) is 4.13. The van der Waals surface area contributed by atoms with Crippen LogP contribution in [0.3, 0.4) is 0 Å². The molecule has 0 aliphatic rings. The summed E-state index contributed by atoms with van der Waals surface area (Å²) in [5.74, 6) is 0.0558. The van der Waals surface area contributed by atoms with E-state index in [0.29, 0.717) is 0 Å². The van der Waals surface area contributed by atoms with E-state index in [1.54, 1.807) is 14.0 Å².